The summed E-state index contributed by atoms with van der Waals surface area (Å²) in [6.45, 7) is 5.34. The zero-order chi connectivity index (χ0) is 14.5. The maximum Gasteiger partial charge on any atom is 0.338 e. The standard InChI is InChI=1S/C14H21NO4/c1-14(2,3)19-13(18)10-5-4-6-11(7-10)15-8-12(17)9-16/h4-7,12,15-17H,8-9H2,1-3H3. The monoisotopic (exact) mass is 267 g/mol. The van der Waals surface area contributed by atoms with E-state index in [1.54, 1.807) is 24.3 Å². The van der Waals surface area contributed by atoms with Crippen molar-refractivity contribution >= 4 is 11.7 Å². The van der Waals surface area contributed by atoms with Gasteiger partial charge in [0.15, 0.2) is 0 Å². The van der Waals surface area contributed by atoms with Crippen LogP contribution in [0.1, 0.15) is 31.1 Å². The molecule has 0 fully saturated rings. The third-order valence-electron chi connectivity index (χ3n) is 2.25. The highest BCUT2D eigenvalue weighted by Gasteiger charge is 2.17. The number of carbonyl (C=O) groups is 1. The van der Waals surface area contributed by atoms with E-state index in [9.17, 15) is 9.90 Å². The molecule has 5 nitrogen and oxygen atoms in total. The molecule has 0 aromatic heterocycles. The first kappa shape index (κ1) is 15.5. The number of hydrogen-bond donors (Lipinski definition) is 3. The average molecular weight is 267 g/mol. The summed E-state index contributed by atoms with van der Waals surface area (Å²) in [5, 5.41) is 20.9. The van der Waals surface area contributed by atoms with Crippen molar-refractivity contribution in [1.29, 1.82) is 0 Å². The predicted molar refractivity (Wildman–Crippen MR) is 73.2 cm³/mol. The van der Waals surface area contributed by atoms with Gasteiger partial charge >= 0.3 is 5.97 Å². The smallest absolute Gasteiger partial charge is 0.338 e. The van der Waals surface area contributed by atoms with Crippen LogP contribution in [-0.2, 0) is 4.74 Å². The largest absolute Gasteiger partial charge is 0.456 e. The number of benzene rings is 1. The Morgan fingerprint density at radius 2 is 2.11 bits per heavy atom. The molecule has 106 valence electrons. The van der Waals surface area contributed by atoms with Crippen LogP contribution in [0, 0.1) is 0 Å². The van der Waals surface area contributed by atoms with E-state index in [-0.39, 0.29) is 19.1 Å². The van der Waals surface area contributed by atoms with Gasteiger partial charge in [0.25, 0.3) is 0 Å². The number of hydrogen-bond acceptors (Lipinski definition) is 5. The second-order valence-electron chi connectivity index (χ2n) is 5.30. The van der Waals surface area contributed by atoms with Gasteiger partial charge in [0, 0.05) is 12.2 Å². The number of aliphatic hydroxyl groups excluding tert-OH is 2. The molecule has 1 aromatic carbocycles. The van der Waals surface area contributed by atoms with Crippen molar-refractivity contribution < 1.29 is 19.7 Å². The summed E-state index contributed by atoms with van der Waals surface area (Å²) in [4.78, 5) is 11.9. The average Bonchev–Trinajstić information content (AvgIpc) is 2.34. The van der Waals surface area contributed by atoms with E-state index >= 15 is 0 Å². The van der Waals surface area contributed by atoms with Crippen LogP contribution in [0.25, 0.3) is 0 Å². The molecule has 0 bridgehead atoms. The quantitative estimate of drug-likeness (QED) is 0.703. The zero-order valence-corrected chi connectivity index (χ0v) is 11.5. The molecule has 0 amide bonds. The number of anilines is 1. The van der Waals surface area contributed by atoms with E-state index in [0.29, 0.717) is 11.3 Å². The molecule has 3 N–H and O–H groups in total. The van der Waals surface area contributed by atoms with Gasteiger partial charge < -0.3 is 20.3 Å². The minimum absolute atomic E-state index is 0.217. The summed E-state index contributed by atoms with van der Waals surface area (Å²) in [7, 11) is 0. The molecule has 1 unspecified atom stereocenters. The summed E-state index contributed by atoms with van der Waals surface area (Å²) < 4.78 is 5.27. The Morgan fingerprint density at radius 3 is 2.68 bits per heavy atom. The van der Waals surface area contributed by atoms with Crippen LogP contribution in [0.4, 0.5) is 5.69 Å². The summed E-state index contributed by atoms with van der Waals surface area (Å²) in [5.41, 5.74) is 0.599. The van der Waals surface area contributed by atoms with Crippen LogP contribution in [0.5, 0.6) is 0 Å². The Hall–Kier alpha value is -1.59. The van der Waals surface area contributed by atoms with E-state index < -0.39 is 11.7 Å². The fraction of sp³-hybridized carbons (Fsp3) is 0.500. The molecule has 1 rings (SSSR count). The molecule has 0 aliphatic rings. The van der Waals surface area contributed by atoms with Crippen LogP contribution < -0.4 is 5.32 Å². The minimum Gasteiger partial charge on any atom is -0.456 e. The van der Waals surface area contributed by atoms with Crippen LogP contribution in [-0.4, -0.2) is 41.0 Å². The van der Waals surface area contributed by atoms with Gasteiger partial charge in [0.2, 0.25) is 0 Å². The second-order valence-corrected chi connectivity index (χ2v) is 5.30. The molecule has 1 aromatic rings. The molecule has 0 heterocycles. The predicted octanol–water partition coefficient (Wildman–Crippen LogP) is 1.41. The van der Waals surface area contributed by atoms with E-state index in [4.69, 9.17) is 9.84 Å². The van der Waals surface area contributed by atoms with Crippen LogP contribution >= 0.6 is 0 Å². The molecule has 0 aliphatic heterocycles. The van der Waals surface area contributed by atoms with Crippen molar-refractivity contribution in [3.8, 4) is 0 Å². The molecular weight excluding hydrogens is 246 g/mol. The van der Waals surface area contributed by atoms with E-state index in [2.05, 4.69) is 5.32 Å². The molecule has 0 aliphatic carbocycles. The zero-order valence-electron chi connectivity index (χ0n) is 11.5. The molecule has 0 saturated heterocycles. The number of aliphatic hydroxyl groups is 2. The number of nitrogens with one attached hydrogen (secondary N) is 1. The lowest BCUT2D eigenvalue weighted by Crippen LogP contribution is -2.24. The Balaban J connectivity index is 2.69. The third kappa shape index (κ3) is 5.72. The van der Waals surface area contributed by atoms with Crippen molar-refractivity contribution in [3.63, 3.8) is 0 Å². The van der Waals surface area contributed by atoms with Gasteiger partial charge in [-0.1, -0.05) is 6.07 Å². The van der Waals surface area contributed by atoms with Gasteiger partial charge in [-0.25, -0.2) is 4.79 Å². The Kier molecular flexibility index (Phi) is 5.32. The summed E-state index contributed by atoms with van der Waals surface area (Å²) in [6, 6.07) is 6.82. The molecule has 0 saturated carbocycles. The normalized spacial score (nSPS) is 12.9. The van der Waals surface area contributed by atoms with Crippen molar-refractivity contribution in [1.82, 2.24) is 0 Å². The fourth-order valence-electron chi connectivity index (χ4n) is 1.39. The third-order valence-corrected chi connectivity index (χ3v) is 2.25. The first-order chi connectivity index (χ1) is 8.81. The Bertz CT molecular complexity index is 426. The maximum atomic E-state index is 11.9. The lowest BCUT2D eigenvalue weighted by Gasteiger charge is -2.19. The van der Waals surface area contributed by atoms with E-state index in [1.165, 1.54) is 0 Å². The van der Waals surface area contributed by atoms with E-state index in [0.717, 1.165) is 0 Å². The van der Waals surface area contributed by atoms with Gasteiger partial charge in [-0.05, 0) is 39.0 Å². The topological polar surface area (TPSA) is 78.8 Å². The molecule has 1 atom stereocenters. The van der Waals surface area contributed by atoms with Crippen molar-refractivity contribution in [3.05, 3.63) is 29.8 Å². The lowest BCUT2D eigenvalue weighted by molar-refractivity contribution is 0.00696. The molecule has 5 heteroatoms. The SMILES string of the molecule is CC(C)(C)OC(=O)c1cccc(NCC(O)CO)c1. The summed E-state index contributed by atoms with van der Waals surface area (Å²) >= 11 is 0. The van der Waals surface area contributed by atoms with Gasteiger partial charge in [0.05, 0.1) is 18.3 Å². The van der Waals surface area contributed by atoms with Gasteiger partial charge in [-0.15, -0.1) is 0 Å². The van der Waals surface area contributed by atoms with Crippen LogP contribution in [0.3, 0.4) is 0 Å². The molecule has 19 heavy (non-hydrogen) atoms. The molecular formula is C14H21NO4. The fourth-order valence-corrected chi connectivity index (χ4v) is 1.39. The van der Waals surface area contributed by atoms with Gasteiger partial charge in [0.1, 0.15) is 5.60 Å². The number of ether oxygens (including phenoxy) is 1. The van der Waals surface area contributed by atoms with Gasteiger partial charge in [-0.3, -0.25) is 0 Å². The number of carbonyl (C=O) groups excluding carboxylic acids is 1. The second kappa shape index (κ2) is 6.54. The Morgan fingerprint density at radius 1 is 1.42 bits per heavy atom. The van der Waals surface area contributed by atoms with Crippen molar-refractivity contribution in [2.75, 3.05) is 18.5 Å². The lowest BCUT2D eigenvalue weighted by atomic mass is 10.1. The van der Waals surface area contributed by atoms with Crippen molar-refractivity contribution in [2.24, 2.45) is 0 Å². The first-order valence-corrected chi connectivity index (χ1v) is 6.18. The maximum absolute atomic E-state index is 11.9. The summed E-state index contributed by atoms with van der Waals surface area (Å²) in [5.74, 6) is -0.390. The van der Waals surface area contributed by atoms with Crippen LogP contribution in [0.2, 0.25) is 0 Å². The highest BCUT2D eigenvalue weighted by molar-refractivity contribution is 5.90. The first-order valence-electron chi connectivity index (χ1n) is 6.18. The minimum atomic E-state index is -0.829. The summed E-state index contributed by atoms with van der Waals surface area (Å²) in [6.07, 6.45) is -0.829. The molecule has 0 spiro atoms. The highest BCUT2D eigenvalue weighted by atomic mass is 16.6. The Labute approximate surface area is 113 Å². The van der Waals surface area contributed by atoms with Crippen molar-refractivity contribution in [2.45, 2.75) is 32.5 Å². The molecule has 0 radical (unpaired) electrons. The van der Waals surface area contributed by atoms with E-state index in [1.807, 2.05) is 20.8 Å². The number of esters is 1. The highest BCUT2D eigenvalue weighted by Crippen LogP contribution is 2.15. The number of rotatable bonds is 5. The van der Waals surface area contributed by atoms with Gasteiger partial charge in [-0.2, -0.15) is 0 Å². The van der Waals surface area contributed by atoms with Crippen LogP contribution in [0.15, 0.2) is 24.3 Å².